The topological polar surface area (TPSA) is 72.1 Å². The third kappa shape index (κ3) is 4.45. The first-order valence-corrected chi connectivity index (χ1v) is 8.77. The zero-order valence-electron chi connectivity index (χ0n) is 14.0. The molecule has 0 aliphatic heterocycles. The van der Waals surface area contributed by atoms with Crippen LogP contribution in [0, 0.1) is 6.92 Å². The van der Waals surface area contributed by atoms with Crippen molar-refractivity contribution in [3.05, 3.63) is 59.9 Å². The second-order valence-electron chi connectivity index (χ2n) is 5.58. The molecule has 3 aromatic rings. The van der Waals surface area contributed by atoms with Crippen LogP contribution < -0.4 is 0 Å². The van der Waals surface area contributed by atoms with E-state index in [4.69, 9.17) is 4.42 Å². The Bertz CT molecular complexity index is 851. The molecule has 0 atom stereocenters. The number of hydrogen-bond donors (Lipinski definition) is 0. The summed E-state index contributed by atoms with van der Waals surface area (Å²) in [4.78, 5) is 18.0. The number of carbonyl (C=O) groups is 1. The van der Waals surface area contributed by atoms with Gasteiger partial charge in [0.05, 0.1) is 11.3 Å². The molecule has 1 aromatic carbocycles. The average Bonchev–Trinajstić information content (AvgIpc) is 3.11. The van der Waals surface area contributed by atoms with E-state index in [0.29, 0.717) is 17.7 Å². The molecule has 0 N–H and O–H groups in total. The van der Waals surface area contributed by atoms with E-state index in [1.807, 2.05) is 37.3 Å². The first kappa shape index (κ1) is 17.2. The van der Waals surface area contributed by atoms with Crippen LogP contribution in [0.2, 0.25) is 0 Å². The van der Waals surface area contributed by atoms with Gasteiger partial charge in [-0.05, 0) is 30.2 Å². The maximum absolute atomic E-state index is 12.3. The number of thioether (sulfide) groups is 1. The molecule has 0 saturated heterocycles. The predicted molar refractivity (Wildman–Crippen MR) is 95.9 cm³/mol. The number of carbonyl (C=O) groups excluding carboxylic acids is 1. The van der Waals surface area contributed by atoms with E-state index in [1.54, 1.807) is 30.4 Å². The predicted octanol–water partition coefficient (Wildman–Crippen LogP) is 3.19. The van der Waals surface area contributed by atoms with Crippen LogP contribution >= 0.6 is 11.8 Å². The van der Waals surface area contributed by atoms with Crippen LogP contribution in [-0.2, 0) is 11.3 Å². The summed E-state index contributed by atoms with van der Waals surface area (Å²) in [6.07, 6.45) is 3.33. The molecule has 25 heavy (non-hydrogen) atoms. The standard InChI is InChI=1S/C18H18N4O2S/c1-13-6-3-4-7-15(13)11-22(2)16(23)12-25-18-21-20-17(24-18)14-8-5-9-19-10-14/h3-10H,11-12H2,1-2H3. The second kappa shape index (κ2) is 7.94. The normalized spacial score (nSPS) is 10.6. The summed E-state index contributed by atoms with van der Waals surface area (Å²) in [5.41, 5.74) is 3.07. The fourth-order valence-corrected chi connectivity index (χ4v) is 2.94. The number of aryl methyl sites for hydroxylation is 1. The summed E-state index contributed by atoms with van der Waals surface area (Å²) < 4.78 is 5.57. The van der Waals surface area contributed by atoms with Crippen molar-refractivity contribution in [3.63, 3.8) is 0 Å². The van der Waals surface area contributed by atoms with Crippen LogP contribution in [0.25, 0.3) is 11.5 Å². The quantitative estimate of drug-likeness (QED) is 0.633. The Morgan fingerprint density at radius 1 is 1.20 bits per heavy atom. The maximum Gasteiger partial charge on any atom is 0.277 e. The van der Waals surface area contributed by atoms with Crippen LogP contribution in [0.4, 0.5) is 0 Å². The molecule has 6 nitrogen and oxygen atoms in total. The SMILES string of the molecule is Cc1ccccc1CN(C)C(=O)CSc1nnc(-c2cccnc2)o1. The van der Waals surface area contributed by atoms with E-state index in [2.05, 4.69) is 15.2 Å². The molecule has 1 amide bonds. The molecule has 0 saturated carbocycles. The molecule has 0 aliphatic rings. The van der Waals surface area contributed by atoms with Gasteiger partial charge in [-0.3, -0.25) is 9.78 Å². The average molecular weight is 354 g/mol. The highest BCUT2D eigenvalue weighted by molar-refractivity contribution is 7.99. The van der Waals surface area contributed by atoms with E-state index in [9.17, 15) is 4.79 Å². The van der Waals surface area contributed by atoms with Crippen molar-refractivity contribution in [2.45, 2.75) is 18.7 Å². The van der Waals surface area contributed by atoms with Gasteiger partial charge in [-0.15, -0.1) is 10.2 Å². The molecule has 3 rings (SSSR count). The highest BCUT2D eigenvalue weighted by Crippen LogP contribution is 2.22. The van der Waals surface area contributed by atoms with Gasteiger partial charge in [0.1, 0.15) is 0 Å². The number of hydrogen-bond acceptors (Lipinski definition) is 6. The van der Waals surface area contributed by atoms with Crippen LogP contribution in [0.3, 0.4) is 0 Å². The van der Waals surface area contributed by atoms with Gasteiger partial charge in [0.25, 0.3) is 5.22 Å². The van der Waals surface area contributed by atoms with E-state index in [1.165, 1.54) is 17.3 Å². The van der Waals surface area contributed by atoms with Crippen molar-refractivity contribution in [2.24, 2.45) is 0 Å². The molecular formula is C18H18N4O2S. The van der Waals surface area contributed by atoms with Gasteiger partial charge in [-0.25, -0.2) is 0 Å². The fraction of sp³-hybridized carbons (Fsp3) is 0.222. The number of amides is 1. The van der Waals surface area contributed by atoms with Gasteiger partial charge in [-0.1, -0.05) is 36.0 Å². The van der Waals surface area contributed by atoms with Crippen LogP contribution in [0.5, 0.6) is 0 Å². The Hall–Kier alpha value is -2.67. The lowest BCUT2D eigenvalue weighted by molar-refractivity contribution is -0.127. The Balaban J connectivity index is 1.55. The van der Waals surface area contributed by atoms with Crippen molar-refractivity contribution in [3.8, 4) is 11.5 Å². The number of pyridine rings is 1. The van der Waals surface area contributed by atoms with E-state index in [-0.39, 0.29) is 11.7 Å². The summed E-state index contributed by atoms with van der Waals surface area (Å²) >= 11 is 1.24. The van der Waals surface area contributed by atoms with Crippen molar-refractivity contribution < 1.29 is 9.21 Å². The molecule has 0 unspecified atom stereocenters. The maximum atomic E-state index is 12.3. The lowest BCUT2D eigenvalue weighted by atomic mass is 10.1. The van der Waals surface area contributed by atoms with Gasteiger partial charge in [0, 0.05) is 26.0 Å². The summed E-state index contributed by atoms with van der Waals surface area (Å²) in [6.45, 7) is 2.62. The van der Waals surface area contributed by atoms with Crippen molar-refractivity contribution in [1.29, 1.82) is 0 Å². The molecule has 2 heterocycles. The van der Waals surface area contributed by atoms with Gasteiger partial charge in [-0.2, -0.15) is 0 Å². The first-order chi connectivity index (χ1) is 12.1. The zero-order valence-corrected chi connectivity index (χ0v) is 14.9. The smallest absolute Gasteiger partial charge is 0.277 e. The third-order valence-corrected chi connectivity index (χ3v) is 4.53. The second-order valence-corrected chi connectivity index (χ2v) is 6.51. The summed E-state index contributed by atoms with van der Waals surface area (Å²) in [5, 5.41) is 8.33. The third-order valence-electron chi connectivity index (χ3n) is 3.73. The van der Waals surface area contributed by atoms with Gasteiger partial charge >= 0.3 is 0 Å². The summed E-state index contributed by atoms with van der Waals surface area (Å²) in [5.74, 6) is 0.655. The molecule has 0 spiro atoms. The lowest BCUT2D eigenvalue weighted by Gasteiger charge is -2.17. The highest BCUT2D eigenvalue weighted by atomic mass is 32.2. The van der Waals surface area contributed by atoms with Crippen LogP contribution in [-0.4, -0.2) is 38.8 Å². The van der Waals surface area contributed by atoms with Crippen molar-refractivity contribution >= 4 is 17.7 Å². The molecule has 0 radical (unpaired) electrons. The number of aromatic nitrogens is 3. The van der Waals surface area contributed by atoms with Gasteiger partial charge in [0.2, 0.25) is 11.8 Å². The summed E-state index contributed by atoms with van der Waals surface area (Å²) in [7, 11) is 1.80. The van der Waals surface area contributed by atoms with E-state index < -0.39 is 0 Å². The highest BCUT2D eigenvalue weighted by Gasteiger charge is 2.14. The molecular weight excluding hydrogens is 336 g/mol. The monoisotopic (exact) mass is 354 g/mol. The largest absolute Gasteiger partial charge is 0.411 e. The molecule has 7 heteroatoms. The number of rotatable bonds is 6. The molecule has 0 bridgehead atoms. The van der Waals surface area contributed by atoms with Gasteiger partial charge < -0.3 is 9.32 Å². The summed E-state index contributed by atoms with van der Waals surface area (Å²) in [6, 6.07) is 11.7. The van der Waals surface area contributed by atoms with Crippen LogP contribution in [0.15, 0.2) is 58.4 Å². The molecule has 0 fully saturated rings. The molecule has 128 valence electrons. The van der Waals surface area contributed by atoms with Gasteiger partial charge in [0.15, 0.2) is 0 Å². The fourth-order valence-electron chi connectivity index (χ4n) is 2.24. The van der Waals surface area contributed by atoms with Crippen molar-refractivity contribution in [1.82, 2.24) is 20.1 Å². The Kier molecular flexibility index (Phi) is 5.45. The molecule has 2 aromatic heterocycles. The number of nitrogens with zero attached hydrogens (tertiary/aromatic N) is 4. The zero-order chi connectivity index (χ0) is 17.6. The first-order valence-electron chi connectivity index (χ1n) is 7.78. The minimum Gasteiger partial charge on any atom is -0.411 e. The Labute approximate surface area is 150 Å². The molecule has 0 aliphatic carbocycles. The Morgan fingerprint density at radius 3 is 2.80 bits per heavy atom. The van der Waals surface area contributed by atoms with E-state index >= 15 is 0 Å². The minimum absolute atomic E-state index is 0.00869. The van der Waals surface area contributed by atoms with E-state index in [0.717, 1.165) is 11.1 Å². The minimum atomic E-state index is 0.00869. The number of benzene rings is 1. The van der Waals surface area contributed by atoms with Crippen LogP contribution in [0.1, 0.15) is 11.1 Å². The van der Waals surface area contributed by atoms with Crippen molar-refractivity contribution in [2.75, 3.05) is 12.8 Å². The Morgan fingerprint density at radius 2 is 2.04 bits per heavy atom. The lowest BCUT2D eigenvalue weighted by Crippen LogP contribution is -2.28.